The van der Waals surface area contributed by atoms with Crippen molar-refractivity contribution in [2.45, 2.75) is 19.5 Å². The minimum Gasteiger partial charge on any atom is -0.496 e. The lowest BCUT2D eigenvalue weighted by molar-refractivity contribution is 0.406. The molecule has 0 saturated heterocycles. The molecule has 0 spiro atoms. The zero-order chi connectivity index (χ0) is 9.84. The molecule has 3 heteroatoms. The van der Waals surface area contributed by atoms with Crippen LogP contribution < -0.4 is 16.2 Å². The van der Waals surface area contributed by atoms with Crippen LogP contribution in [-0.4, -0.2) is 7.11 Å². The van der Waals surface area contributed by atoms with Gasteiger partial charge in [0.25, 0.3) is 0 Å². The molecule has 0 aromatic heterocycles. The third kappa shape index (κ3) is 2.20. The first kappa shape index (κ1) is 10.0. The number of benzene rings is 1. The second-order valence-electron chi connectivity index (χ2n) is 3.07. The maximum Gasteiger partial charge on any atom is 0.123 e. The number of hydrogen-bond donors (Lipinski definition) is 2. The number of ether oxygens (including phenoxy) is 1. The Kier molecular flexibility index (Phi) is 3.28. The van der Waals surface area contributed by atoms with Gasteiger partial charge in [-0.25, -0.2) is 0 Å². The van der Waals surface area contributed by atoms with Gasteiger partial charge in [0.1, 0.15) is 5.75 Å². The highest BCUT2D eigenvalue weighted by Crippen LogP contribution is 2.24. The molecule has 1 aromatic carbocycles. The summed E-state index contributed by atoms with van der Waals surface area (Å²) in [5.41, 5.74) is 13.4. The normalized spacial score (nSPS) is 12.6. The van der Waals surface area contributed by atoms with E-state index in [-0.39, 0.29) is 6.04 Å². The molecule has 1 rings (SSSR count). The van der Waals surface area contributed by atoms with Crippen LogP contribution in [0.2, 0.25) is 0 Å². The van der Waals surface area contributed by atoms with Gasteiger partial charge in [0, 0.05) is 18.2 Å². The highest BCUT2D eigenvalue weighted by molar-refractivity contribution is 5.39. The van der Waals surface area contributed by atoms with Gasteiger partial charge in [0.05, 0.1) is 7.11 Å². The number of nitrogens with two attached hydrogens (primary N) is 2. The third-order valence-electron chi connectivity index (χ3n) is 2.02. The van der Waals surface area contributed by atoms with Crippen LogP contribution in [0, 0.1) is 0 Å². The van der Waals surface area contributed by atoms with Gasteiger partial charge in [0.2, 0.25) is 0 Å². The van der Waals surface area contributed by atoms with Crippen molar-refractivity contribution < 1.29 is 4.74 Å². The fraction of sp³-hybridized carbons (Fsp3) is 0.400. The van der Waals surface area contributed by atoms with E-state index in [0.29, 0.717) is 6.54 Å². The zero-order valence-electron chi connectivity index (χ0n) is 8.08. The van der Waals surface area contributed by atoms with Gasteiger partial charge >= 0.3 is 0 Å². The summed E-state index contributed by atoms with van der Waals surface area (Å²) in [5.74, 6) is 0.826. The summed E-state index contributed by atoms with van der Waals surface area (Å²) in [4.78, 5) is 0. The second kappa shape index (κ2) is 4.25. The fourth-order valence-corrected chi connectivity index (χ4v) is 1.27. The third-order valence-corrected chi connectivity index (χ3v) is 2.02. The molecule has 72 valence electrons. The second-order valence-corrected chi connectivity index (χ2v) is 3.07. The van der Waals surface area contributed by atoms with Crippen LogP contribution in [0.25, 0.3) is 0 Å². The van der Waals surface area contributed by atoms with Crippen molar-refractivity contribution in [2.24, 2.45) is 11.5 Å². The molecule has 0 heterocycles. The van der Waals surface area contributed by atoms with E-state index >= 15 is 0 Å². The van der Waals surface area contributed by atoms with Crippen molar-refractivity contribution in [1.82, 2.24) is 0 Å². The maximum absolute atomic E-state index is 5.79. The average molecular weight is 180 g/mol. The first-order valence-corrected chi connectivity index (χ1v) is 4.31. The van der Waals surface area contributed by atoms with Crippen LogP contribution in [0.3, 0.4) is 0 Å². The standard InChI is InChI=1S/C10H16N2O/c1-7(12)9-5-8(6-11)3-4-10(9)13-2/h3-5,7H,6,11-12H2,1-2H3. The molecule has 1 atom stereocenters. The molecule has 3 nitrogen and oxygen atoms in total. The molecule has 0 aliphatic heterocycles. The van der Waals surface area contributed by atoms with E-state index in [2.05, 4.69) is 0 Å². The molecule has 0 radical (unpaired) electrons. The highest BCUT2D eigenvalue weighted by Gasteiger charge is 2.07. The van der Waals surface area contributed by atoms with Crippen LogP contribution in [-0.2, 0) is 6.54 Å². The van der Waals surface area contributed by atoms with Crippen LogP contribution >= 0.6 is 0 Å². The summed E-state index contributed by atoms with van der Waals surface area (Å²) in [5, 5.41) is 0. The van der Waals surface area contributed by atoms with E-state index in [1.54, 1.807) is 7.11 Å². The number of hydrogen-bond acceptors (Lipinski definition) is 3. The van der Waals surface area contributed by atoms with Crippen molar-refractivity contribution in [2.75, 3.05) is 7.11 Å². The van der Waals surface area contributed by atoms with E-state index in [0.717, 1.165) is 16.9 Å². The van der Waals surface area contributed by atoms with E-state index in [1.807, 2.05) is 25.1 Å². The molecule has 1 aromatic rings. The number of rotatable bonds is 3. The molecule has 1 unspecified atom stereocenters. The van der Waals surface area contributed by atoms with Gasteiger partial charge in [0.15, 0.2) is 0 Å². The topological polar surface area (TPSA) is 61.3 Å². The maximum atomic E-state index is 5.79. The smallest absolute Gasteiger partial charge is 0.123 e. The van der Waals surface area contributed by atoms with Gasteiger partial charge in [-0.2, -0.15) is 0 Å². The van der Waals surface area contributed by atoms with Crippen molar-refractivity contribution in [3.63, 3.8) is 0 Å². The minimum atomic E-state index is -0.0264. The van der Waals surface area contributed by atoms with Crippen LogP contribution in [0.1, 0.15) is 24.1 Å². The Morgan fingerprint density at radius 2 is 2.15 bits per heavy atom. The quantitative estimate of drug-likeness (QED) is 0.734. The van der Waals surface area contributed by atoms with E-state index in [4.69, 9.17) is 16.2 Å². The molecule has 0 aliphatic carbocycles. The Balaban J connectivity index is 3.10. The predicted molar refractivity (Wildman–Crippen MR) is 53.5 cm³/mol. The summed E-state index contributed by atoms with van der Waals surface area (Å²) >= 11 is 0. The molecule has 0 fully saturated rings. The first-order chi connectivity index (χ1) is 6.19. The van der Waals surface area contributed by atoms with Gasteiger partial charge in [-0.1, -0.05) is 6.07 Å². The molecule has 13 heavy (non-hydrogen) atoms. The monoisotopic (exact) mass is 180 g/mol. The molecule has 0 aliphatic rings. The van der Waals surface area contributed by atoms with Crippen molar-refractivity contribution in [3.8, 4) is 5.75 Å². The summed E-state index contributed by atoms with van der Waals surface area (Å²) in [6.45, 7) is 2.46. The lowest BCUT2D eigenvalue weighted by Gasteiger charge is -2.12. The lowest BCUT2D eigenvalue weighted by atomic mass is 10.0. The molecule has 0 saturated carbocycles. The SMILES string of the molecule is COc1ccc(CN)cc1C(C)N. The van der Waals surface area contributed by atoms with E-state index < -0.39 is 0 Å². The Morgan fingerprint density at radius 3 is 2.62 bits per heavy atom. The summed E-state index contributed by atoms with van der Waals surface area (Å²) in [7, 11) is 1.64. The molecule has 0 bridgehead atoms. The van der Waals surface area contributed by atoms with Gasteiger partial charge in [-0.3, -0.25) is 0 Å². The molecule has 4 N–H and O–H groups in total. The molecular weight excluding hydrogens is 164 g/mol. The summed E-state index contributed by atoms with van der Waals surface area (Å²) in [6.07, 6.45) is 0. The summed E-state index contributed by atoms with van der Waals surface area (Å²) in [6, 6.07) is 5.82. The minimum absolute atomic E-state index is 0.0264. The lowest BCUT2D eigenvalue weighted by Crippen LogP contribution is -2.08. The van der Waals surface area contributed by atoms with Gasteiger partial charge < -0.3 is 16.2 Å². The number of methoxy groups -OCH3 is 1. The zero-order valence-corrected chi connectivity index (χ0v) is 8.08. The fourth-order valence-electron chi connectivity index (χ4n) is 1.27. The first-order valence-electron chi connectivity index (χ1n) is 4.31. The highest BCUT2D eigenvalue weighted by atomic mass is 16.5. The predicted octanol–water partition coefficient (Wildman–Crippen LogP) is 1.17. The van der Waals surface area contributed by atoms with Crippen molar-refractivity contribution >= 4 is 0 Å². The molecule has 0 amide bonds. The molecular formula is C10H16N2O. The Morgan fingerprint density at radius 1 is 1.46 bits per heavy atom. The van der Waals surface area contributed by atoms with Crippen molar-refractivity contribution in [3.05, 3.63) is 29.3 Å². The van der Waals surface area contributed by atoms with Crippen LogP contribution in [0.4, 0.5) is 0 Å². The Hall–Kier alpha value is -1.06. The Labute approximate surface area is 78.7 Å². The van der Waals surface area contributed by atoms with Gasteiger partial charge in [-0.15, -0.1) is 0 Å². The Bertz CT molecular complexity index is 284. The van der Waals surface area contributed by atoms with Crippen LogP contribution in [0.5, 0.6) is 5.75 Å². The largest absolute Gasteiger partial charge is 0.496 e. The van der Waals surface area contributed by atoms with E-state index in [9.17, 15) is 0 Å². The summed E-state index contributed by atoms with van der Waals surface area (Å²) < 4.78 is 5.19. The van der Waals surface area contributed by atoms with Gasteiger partial charge in [-0.05, 0) is 24.6 Å². The van der Waals surface area contributed by atoms with Crippen LogP contribution in [0.15, 0.2) is 18.2 Å². The van der Waals surface area contributed by atoms with E-state index in [1.165, 1.54) is 0 Å². The average Bonchev–Trinajstić information content (AvgIpc) is 2.16. The van der Waals surface area contributed by atoms with Crippen molar-refractivity contribution in [1.29, 1.82) is 0 Å².